The molecule has 0 atom stereocenters. The van der Waals surface area contributed by atoms with E-state index < -0.39 is 0 Å². The average Bonchev–Trinajstić information content (AvgIpc) is 2.68. The second-order valence-corrected chi connectivity index (χ2v) is 4.37. The van der Waals surface area contributed by atoms with Crippen LogP contribution in [0.4, 0.5) is 0 Å². The summed E-state index contributed by atoms with van der Waals surface area (Å²) in [5.74, 6) is 1.03. The maximum Gasteiger partial charge on any atom is 0.150 e. The first-order valence-corrected chi connectivity index (χ1v) is 6.05. The van der Waals surface area contributed by atoms with Crippen LogP contribution in [0.15, 0.2) is 10.6 Å². The third kappa shape index (κ3) is 3.06. The molecule has 15 heavy (non-hydrogen) atoms. The van der Waals surface area contributed by atoms with Crippen molar-refractivity contribution in [2.45, 2.75) is 45.6 Å². The van der Waals surface area contributed by atoms with Crippen LogP contribution in [0, 0.1) is 0 Å². The van der Waals surface area contributed by atoms with Gasteiger partial charge in [-0.25, -0.2) is 0 Å². The lowest BCUT2D eigenvalue weighted by molar-refractivity contribution is 0.197. The van der Waals surface area contributed by atoms with Gasteiger partial charge in [-0.15, -0.1) is 0 Å². The van der Waals surface area contributed by atoms with Gasteiger partial charge in [0.25, 0.3) is 0 Å². The van der Waals surface area contributed by atoms with Crippen LogP contribution in [0.25, 0.3) is 0 Å². The van der Waals surface area contributed by atoms with Gasteiger partial charge in [-0.2, -0.15) is 0 Å². The Morgan fingerprint density at radius 2 is 2.13 bits per heavy atom. The molecule has 1 aliphatic rings. The average molecular weight is 208 g/mol. The first kappa shape index (κ1) is 10.7. The molecule has 0 saturated carbocycles. The van der Waals surface area contributed by atoms with Crippen molar-refractivity contribution in [1.29, 1.82) is 0 Å². The number of piperidine rings is 1. The second kappa shape index (κ2) is 5.31. The maximum atomic E-state index is 5.33. The summed E-state index contributed by atoms with van der Waals surface area (Å²) in [5.41, 5.74) is 1.10. The standard InChI is InChI=1S/C12H20N2O/c1-2-6-11-9-12(15-13-11)10-14-7-4-3-5-8-14/h9H,2-8,10H2,1H3. The summed E-state index contributed by atoms with van der Waals surface area (Å²) in [5, 5.41) is 4.07. The van der Waals surface area contributed by atoms with Crippen LogP contribution in [0.3, 0.4) is 0 Å². The molecular weight excluding hydrogens is 188 g/mol. The van der Waals surface area contributed by atoms with Crippen LogP contribution < -0.4 is 0 Å². The molecule has 3 nitrogen and oxygen atoms in total. The van der Waals surface area contributed by atoms with Crippen LogP contribution >= 0.6 is 0 Å². The maximum absolute atomic E-state index is 5.33. The van der Waals surface area contributed by atoms with Gasteiger partial charge in [0, 0.05) is 6.07 Å². The molecule has 0 radical (unpaired) electrons. The number of hydrogen-bond acceptors (Lipinski definition) is 3. The zero-order valence-corrected chi connectivity index (χ0v) is 9.54. The summed E-state index contributed by atoms with van der Waals surface area (Å²) in [6.07, 6.45) is 6.21. The van der Waals surface area contributed by atoms with Gasteiger partial charge in [0.05, 0.1) is 12.2 Å². The summed E-state index contributed by atoms with van der Waals surface area (Å²) in [4.78, 5) is 2.46. The molecule has 0 amide bonds. The van der Waals surface area contributed by atoms with E-state index in [0.29, 0.717) is 0 Å². The minimum Gasteiger partial charge on any atom is -0.360 e. The highest BCUT2D eigenvalue weighted by Crippen LogP contribution is 2.14. The van der Waals surface area contributed by atoms with Crippen LogP contribution in [0.5, 0.6) is 0 Å². The molecular formula is C12H20N2O. The summed E-state index contributed by atoms with van der Waals surface area (Å²) in [7, 11) is 0. The first-order valence-electron chi connectivity index (χ1n) is 6.05. The van der Waals surface area contributed by atoms with Crippen molar-refractivity contribution in [2.75, 3.05) is 13.1 Å². The number of rotatable bonds is 4. The number of nitrogens with zero attached hydrogens (tertiary/aromatic N) is 2. The molecule has 1 aliphatic heterocycles. The molecule has 2 rings (SSSR count). The fourth-order valence-electron chi connectivity index (χ4n) is 2.14. The smallest absolute Gasteiger partial charge is 0.150 e. The zero-order valence-electron chi connectivity index (χ0n) is 9.54. The largest absolute Gasteiger partial charge is 0.360 e. The lowest BCUT2D eigenvalue weighted by atomic mass is 10.1. The van der Waals surface area contributed by atoms with Gasteiger partial charge in [-0.3, -0.25) is 4.90 Å². The van der Waals surface area contributed by atoms with Crippen LogP contribution in [-0.4, -0.2) is 23.1 Å². The Kier molecular flexibility index (Phi) is 3.78. The second-order valence-electron chi connectivity index (χ2n) is 4.37. The molecule has 0 aromatic carbocycles. The fraction of sp³-hybridized carbons (Fsp3) is 0.750. The molecule has 0 bridgehead atoms. The Morgan fingerprint density at radius 3 is 2.87 bits per heavy atom. The van der Waals surface area contributed by atoms with E-state index in [1.807, 2.05) is 0 Å². The zero-order chi connectivity index (χ0) is 10.5. The molecule has 3 heteroatoms. The highest BCUT2D eigenvalue weighted by atomic mass is 16.5. The van der Waals surface area contributed by atoms with Crippen molar-refractivity contribution >= 4 is 0 Å². The Bertz CT molecular complexity index is 290. The molecule has 0 unspecified atom stereocenters. The van der Waals surface area contributed by atoms with Crippen LogP contribution in [-0.2, 0) is 13.0 Å². The van der Waals surface area contributed by atoms with Gasteiger partial charge in [-0.1, -0.05) is 24.9 Å². The van der Waals surface area contributed by atoms with E-state index in [0.717, 1.165) is 30.8 Å². The van der Waals surface area contributed by atoms with Crippen molar-refractivity contribution in [1.82, 2.24) is 10.1 Å². The van der Waals surface area contributed by atoms with Crippen molar-refractivity contribution in [3.05, 3.63) is 17.5 Å². The molecule has 1 saturated heterocycles. The van der Waals surface area contributed by atoms with Gasteiger partial charge in [0.15, 0.2) is 5.76 Å². The highest BCUT2D eigenvalue weighted by molar-refractivity contribution is 5.05. The van der Waals surface area contributed by atoms with E-state index >= 15 is 0 Å². The minimum atomic E-state index is 0.941. The number of hydrogen-bond donors (Lipinski definition) is 0. The topological polar surface area (TPSA) is 29.3 Å². The predicted molar refractivity (Wildman–Crippen MR) is 59.6 cm³/mol. The molecule has 1 fully saturated rings. The third-order valence-electron chi connectivity index (χ3n) is 2.94. The molecule has 2 heterocycles. The Morgan fingerprint density at radius 1 is 1.33 bits per heavy atom. The molecule has 1 aromatic heterocycles. The quantitative estimate of drug-likeness (QED) is 0.761. The van der Waals surface area contributed by atoms with Gasteiger partial charge in [-0.05, 0) is 32.4 Å². The first-order chi connectivity index (χ1) is 7.38. The number of aromatic nitrogens is 1. The van der Waals surface area contributed by atoms with Crippen molar-refractivity contribution < 1.29 is 4.52 Å². The van der Waals surface area contributed by atoms with Crippen LogP contribution in [0.2, 0.25) is 0 Å². The van der Waals surface area contributed by atoms with Crippen molar-refractivity contribution in [3.63, 3.8) is 0 Å². The summed E-state index contributed by atoms with van der Waals surface area (Å²) in [6.45, 7) is 5.53. The Labute approximate surface area is 91.4 Å². The Hall–Kier alpha value is -0.830. The van der Waals surface area contributed by atoms with Crippen molar-refractivity contribution in [3.8, 4) is 0 Å². The molecule has 84 valence electrons. The molecule has 1 aromatic rings. The van der Waals surface area contributed by atoms with Gasteiger partial charge >= 0.3 is 0 Å². The number of aryl methyl sites for hydroxylation is 1. The number of likely N-dealkylation sites (tertiary alicyclic amines) is 1. The summed E-state index contributed by atoms with van der Waals surface area (Å²) in [6, 6.07) is 2.11. The van der Waals surface area contributed by atoms with Gasteiger partial charge < -0.3 is 4.52 Å². The van der Waals surface area contributed by atoms with Gasteiger partial charge in [0.2, 0.25) is 0 Å². The van der Waals surface area contributed by atoms with Crippen molar-refractivity contribution in [2.24, 2.45) is 0 Å². The minimum absolute atomic E-state index is 0.941. The molecule has 0 spiro atoms. The normalized spacial score (nSPS) is 18.2. The van der Waals surface area contributed by atoms with E-state index in [9.17, 15) is 0 Å². The van der Waals surface area contributed by atoms with E-state index in [1.54, 1.807) is 0 Å². The van der Waals surface area contributed by atoms with Crippen LogP contribution in [0.1, 0.15) is 44.1 Å². The van der Waals surface area contributed by atoms with E-state index in [1.165, 1.54) is 32.4 Å². The molecule has 0 N–H and O–H groups in total. The van der Waals surface area contributed by atoms with E-state index in [-0.39, 0.29) is 0 Å². The van der Waals surface area contributed by atoms with E-state index in [2.05, 4.69) is 23.0 Å². The Balaban J connectivity index is 1.86. The van der Waals surface area contributed by atoms with E-state index in [4.69, 9.17) is 4.52 Å². The lowest BCUT2D eigenvalue weighted by Gasteiger charge is -2.24. The third-order valence-corrected chi connectivity index (χ3v) is 2.94. The summed E-state index contributed by atoms with van der Waals surface area (Å²) < 4.78 is 5.33. The fourth-order valence-corrected chi connectivity index (χ4v) is 2.14. The van der Waals surface area contributed by atoms with Gasteiger partial charge in [0.1, 0.15) is 0 Å². The molecule has 0 aliphatic carbocycles. The predicted octanol–water partition coefficient (Wildman–Crippen LogP) is 2.61. The monoisotopic (exact) mass is 208 g/mol. The SMILES string of the molecule is CCCc1cc(CN2CCCCC2)on1. The summed E-state index contributed by atoms with van der Waals surface area (Å²) >= 11 is 0. The lowest BCUT2D eigenvalue weighted by Crippen LogP contribution is -2.28. The highest BCUT2D eigenvalue weighted by Gasteiger charge is 2.12.